The van der Waals surface area contributed by atoms with E-state index in [0.29, 0.717) is 0 Å². The first kappa shape index (κ1) is 13.5. The lowest BCUT2D eigenvalue weighted by molar-refractivity contribution is 0.172. The molecule has 0 spiro atoms. The predicted octanol–water partition coefficient (Wildman–Crippen LogP) is 3.29. The van der Waals surface area contributed by atoms with E-state index in [2.05, 4.69) is 36.4 Å². The summed E-state index contributed by atoms with van der Waals surface area (Å²) in [6.45, 7) is 3.49. The standard InChI is InChI=1S/C16H26N2/c1-3-13-7-8-14(12-17-2)15(10-13)11-16-6-4-5-9-18-16/h4-6,9,13-15,17H,3,7-8,10-12H2,1-2H3. The fourth-order valence-electron chi connectivity index (χ4n) is 3.36. The summed E-state index contributed by atoms with van der Waals surface area (Å²) in [6.07, 6.45) is 8.61. The molecule has 1 aliphatic carbocycles. The molecule has 1 aromatic rings. The Morgan fingerprint density at radius 3 is 2.83 bits per heavy atom. The third-order valence-corrected chi connectivity index (χ3v) is 4.49. The van der Waals surface area contributed by atoms with Gasteiger partial charge in [-0.3, -0.25) is 4.98 Å². The Balaban J connectivity index is 2.00. The summed E-state index contributed by atoms with van der Waals surface area (Å²) >= 11 is 0. The van der Waals surface area contributed by atoms with E-state index < -0.39 is 0 Å². The highest BCUT2D eigenvalue weighted by atomic mass is 14.8. The van der Waals surface area contributed by atoms with E-state index in [-0.39, 0.29) is 0 Å². The quantitative estimate of drug-likeness (QED) is 0.862. The summed E-state index contributed by atoms with van der Waals surface area (Å²) in [5.41, 5.74) is 1.26. The van der Waals surface area contributed by atoms with Crippen LogP contribution in [0.4, 0.5) is 0 Å². The van der Waals surface area contributed by atoms with Crippen molar-refractivity contribution in [1.29, 1.82) is 0 Å². The molecular formula is C16H26N2. The molecule has 0 bridgehead atoms. The summed E-state index contributed by atoms with van der Waals surface area (Å²) in [7, 11) is 2.07. The van der Waals surface area contributed by atoms with E-state index in [4.69, 9.17) is 0 Å². The Labute approximate surface area is 111 Å². The first-order valence-electron chi connectivity index (χ1n) is 7.38. The van der Waals surface area contributed by atoms with Gasteiger partial charge < -0.3 is 5.32 Å². The highest BCUT2D eigenvalue weighted by Gasteiger charge is 2.29. The van der Waals surface area contributed by atoms with Gasteiger partial charge in [0.25, 0.3) is 0 Å². The lowest BCUT2D eigenvalue weighted by Crippen LogP contribution is -2.33. The van der Waals surface area contributed by atoms with Crippen LogP contribution in [0.1, 0.15) is 38.3 Å². The van der Waals surface area contributed by atoms with Crippen LogP contribution in [-0.4, -0.2) is 18.6 Å². The van der Waals surface area contributed by atoms with Crippen LogP contribution in [0.5, 0.6) is 0 Å². The molecule has 2 rings (SSSR count). The lowest BCUT2D eigenvalue weighted by atomic mass is 9.71. The molecule has 3 unspecified atom stereocenters. The van der Waals surface area contributed by atoms with E-state index in [1.807, 2.05) is 12.3 Å². The number of nitrogens with zero attached hydrogens (tertiary/aromatic N) is 1. The van der Waals surface area contributed by atoms with E-state index in [0.717, 1.165) is 30.7 Å². The maximum Gasteiger partial charge on any atom is 0.0406 e. The van der Waals surface area contributed by atoms with Crippen molar-refractivity contribution in [3.63, 3.8) is 0 Å². The van der Waals surface area contributed by atoms with Crippen LogP contribution >= 0.6 is 0 Å². The Morgan fingerprint density at radius 2 is 2.17 bits per heavy atom. The molecule has 1 aliphatic rings. The van der Waals surface area contributed by atoms with Gasteiger partial charge in [-0.1, -0.05) is 25.8 Å². The maximum absolute atomic E-state index is 4.50. The smallest absolute Gasteiger partial charge is 0.0406 e. The highest BCUT2D eigenvalue weighted by Crippen LogP contribution is 2.36. The average Bonchev–Trinajstić information content (AvgIpc) is 2.42. The van der Waals surface area contributed by atoms with Crippen LogP contribution in [0.2, 0.25) is 0 Å². The van der Waals surface area contributed by atoms with Crippen molar-refractivity contribution in [2.24, 2.45) is 17.8 Å². The molecule has 1 aromatic heterocycles. The van der Waals surface area contributed by atoms with Crippen molar-refractivity contribution >= 4 is 0 Å². The summed E-state index contributed by atoms with van der Waals surface area (Å²) in [5.74, 6) is 2.58. The van der Waals surface area contributed by atoms with E-state index in [1.165, 1.54) is 31.4 Å². The molecule has 100 valence electrons. The first-order chi connectivity index (χ1) is 8.83. The summed E-state index contributed by atoms with van der Waals surface area (Å²) in [4.78, 5) is 4.50. The molecule has 0 saturated heterocycles. The Bertz CT molecular complexity index is 336. The molecule has 2 heteroatoms. The third-order valence-electron chi connectivity index (χ3n) is 4.49. The van der Waals surface area contributed by atoms with Crippen LogP contribution in [0.25, 0.3) is 0 Å². The number of nitrogens with one attached hydrogen (secondary N) is 1. The zero-order valence-corrected chi connectivity index (χ0v) is 11.7. The predicted molar refractivity (Wildman–Crippen MR) is 76.5 cm³/mol. The van der Waals surface area contributed by atoms with Crippen molar-refractivity contribution in [3.05, 3.63) is 30.1 Å². The summed E-state index contributed by atoms with van der Waals surface area (Å²) < 4.78 is 0. The largest absolute Gasteiger partial charge is 0.319 e. The maximum atomic E-state index is 4.50. The van der Waals surface area contributed by atoms with Crippen molar-refractivity contribution in [2.45, 2.75) is 39.0 Å². The van der Waals surface area contributed by atoms with E-state index in [9.17, 15) is 0 Å². The minimum atomic E-state index is 0.811. The van der Waals surface area contributed by atoms with Gasteiger partial charge in [0.2, 0.25) is 0 Å². The zero-order valence-electron chi connectivity index (χ0n) is 11.7. The van der Waals surface area contributed by atoms with Crippen LogP contribution in [-0.2, 0) is 6.42 Å². The zero-order chi connectivity index (χ0) is 12.8. The van der Waals surface area contributed by atoms with Crippen LogP contribution in [0.15, 0.2) is 24.4 Å². The topological polar surface area (TPSA) is 24.9 Å². The van der Waals surface area contributed by atoms with E-state index >= 15 is 0 Å². The minimum absolute atomic E-state index is 0.811. The van der Waals surface area contributed by atoms with Crippen molar-refractivity contribution in [1.82, 2.24) is 10.3 Å². The van der Waals surface area contributed by atoms with Gasteiger partial charge in [-0.15, -0.1) is 0 Å². The van der Waals surface area contributed by atoms with Crippen LogP contribution in [0, 0.1) is 17.8 Å². The van der Waals surface area contributed by atoms with Gasteiger partial charge in [-0.25, -0.2) is 0 Å². The second-order valence-electron chi connectivity index (χ2n) is 5.69. The number of pyridine rings is 1. The molecular weight excluding hydrogens is 220 g/mol. The molecule has 0 amide bonds. The Hall–Kier alpha value is -0.890. The molecule has 1 heterocycles. The molecule has 3 atom stereocenters. The molecule has 1 saturated carbocycles. The van der Waals surface area contributed by atoms with E-state index in [1.54, 1.807) is 0 Å². The molecule has 2 nitrogen and oxygen atoms in total. The molecule has 1 N–H and O–H groups in total. The van der Waals surface area contributed by atoms with Gasteiger partial charge in [0.1, 0.15) is 0 Å². The van der Waals surface area contributed by atoms with Gasteiger partial charge in [0.05, 0.1) is 0 Å². The van der Waals surface area contributed by atoms with Crippen LogP contribution in [0.3, 0.4) is 0 Å². The second-order valence-corrected chi connectivity index (χ2v) is 5.69. The monoisotopic (exact) mass is 246 g/mol. The fraction of sp³-hybridized carbons (Fsp3) is 0.688. The number of hydrogen-bond donors (Lipinski definition) is 1. The van der Waals surface area contributed by atoms with Gasteiger partial charge in [-0.05, 0) is 62.7 Å². The fourth-order valence-corrected chi connectivity index (χ4v) is 3.36. The molecule has 1 fully saturated rings. The average molecular weight is 246 g/mol. The van der Waals surface area contributed by atoms with Gasteiger partial charge in [-0.2, -0.15) is 0 Å². The van der Waals surface area contributed by atoms with Crippen molar-refractivity contribution in [2.75, 3.05) is 13.6 Å². The Morgan fingerprint density at radius 1 is 1.28 bits per heavy atom. The summed E-state index contributed by atoms with van der Waals surface area (Å²) in [6, 6.07) is 6.28. The van der Waals surface area contributed by atoms with Gasteiger partial charge in [0.15, 0.2) is 0 Å². The van der Waals surface area contributed by atoms with Crippen molar-refractivity contribution in [3.8, 4) is 0 Å². The van der Waals surface area contributed by atoms with Crippen molar-refractivity contribution < 1.29 is 0 Å². The lowest BCUT2D eigenvalue weighted by Gasteiger charge is -2.36. The molecule has 18 heavy (non-hydrogen) atoms. The number of hydrogen-bond acceptors (Lipinski definition) is 2. The van der Waals surface area contributed by atoms with Gasteiger partial charge >= 0.3 is 0 Å². The molecule has 0 aromatic carbocycles. The first-order valence-corrected chi connectivity index (χ1v) is 7.38. The highest BCUT2D eigenvalue weighted by molar-refractivity contribution is 5.05. The minimum Gasteiger partial charge on any atom is -0.319 e. The third kappa shape index (κ3) is 3.55. The number of aromatic nitrogens is 1. The Kier molecular flexibility index (Phi) is 5.18. The second kappa shape index (κ2) is 6.89. The molecule has 0 radical (unpaired) electrons. The van der Waals surface area contributed by atoms with Gasteiger partial charge in [0, 0.05) is 11.9 Å². The number of rotatable bonds is 5. The van der Waals surface area contributed by atoms with Crippen LogP contribution < -0.4 is 5.32 Å². The molecule has 0 aliphatic heterocycles. The SMILES string of the molecule is CCC1CCC(CNC)C(Cc2ccccn2)C1. The normalized spacial score (nSPS) is 28.2. The summed E-state index contributed by atoms with van der Waals surface area (Å²) in [5, 5.41) is 3.37.